The van der Waals surface area contributed by atoms with E-state index in [1.165, 1.54) is 6.07 Å². The van der Waals surface area contributed by atoms with Crippen LogP contribution in [0.1, 0.15) is 0 Å². The van der Waals surface area contributed by atoms with Crippen molar-refractivity contribution in [3.8, 4) is 0 Å². The van der Waals surface area contributed by atoms with Crippen LogP contribution in [0.5, 0.6) is 0 Å². The summed E-state index contributed by atoms with van der Waals surface area (Å²) in [6.45, 7) is 0.414. The van der Waals surface area contributed by atoms with E-state index in [1.807, 2.05) is 0 Å². The minimum atomic E-state index is -3.38. The quantitative estimate of drug-likeness (QED) is 0.877. The summed E-state index contributed by atoms with van der Waals surface area (Å²) in [6, 6.07) is 6.19. The first kappa shape index (κ1) is 14.8. The smallest absolute Gasteiger partial charge is 0.311 e. The number of hydrogen-bond acceptors (Lipinski definition) is 5. The summed E-state index contributed by atoms with van der Waals surface area (Å²) in [5, 5.41) is 9.18. The van der Waals surface area contributed by atoms with Crippen molar-refractivity contribution in [1.82, 2.24) is 0 Å². The van der Waals surface area contributed by atoms with Gasteiger partial charge in [-0.3, -0.25) is 4.79 Å². The number of hydrogen-bond donors (Lipinski definition) is 1. The molecule has 1 saturated heterocycles. The number of sulfone groups is 1. The van der Waals surface area contributed by atoms with E-state index in [1.54, 1.807) is 30.1 Å². The van der Waals surface area contributed by atoms with Crippen molar-refractivity contribution < 1.29 is 23.1 Å². The lowest BCUT2D eigenvalue weighted by Gasteiger charge is -2.29. The summed E-state index contributed by atoms with van der Waals surface area (Å²) in [5.74, 6) is -1.59. The number of rotatable bonds is 4. The molecule has 0 radical (unpaired) electrons. The van der Waals surface area contributed by atoms with E-state index in [0.29, 0.717) is 5.69 Å². The number of likely N-dealkylation sites (N-methyl/N-ethyl adjacent to an activating group) is 1. The Kier molecular flexibility index (Phi) is 4.01. The molecule has 1 fully saturated rings. The molecule has 1 aromatic rings. The first-order valence-corrected chi connectivity index (χ1v) is 8.04. The second-order valence-electron chi connectivity index (χ2n) is 4.90. The summed E-state index contributed by atoms with van der Waals surface area (Å²) in [6.07, 6.45) is 1.14. The summed E-state index contributed by atoms with van der Waals surface area (Å²) in [5.41, 5.74) is 0.497. The van der Waals surface area contributed by atoms with Gasteiger partial charge in [0.05, 0.1) is 29.8 Å². The van der Waals surface area contributed by atoms with Crippen LogP contribution in [0.15, 0.2) is 29.2 Å². The molecule has 7 heteroatoms. The average Bonchev–Trinajstić information content (AvgIpc) is 2.86. The molecule has 20 heavy (non-hydrogen) atoms. The van der Waals surface area contributed by atoms with E-state index in [4.69, 9.17) is 4.74 Å². The summed E-state index contributed by atoms with van der Waals surface area (Å²) < 4.78 is 28.9. The molecule has 0 aliphatic carbocycles. The van der Waals surface area contributed by atoms with Crippen LogP contribution in [0.4, 0.5) is 5.69 Å². The largest absolute Gasteiger partial charge is 0.481 e. The lowest BCUT2D eigenvalue weighted by molar-refractivity contribution is -0.141. The minimum Gasteiger partial charge on any atom is -0.481 e. The number of carboxylic acid groups (broad SMARTS) is 1. The summed E-state index contributed by atoms with van der Waals surface area (Å²) >= 11 is 0. The summed E-state index contributed by atoms with van der Waals surface area (Å²) in [7, 11) is -1.68. The number of anilines is 1. The first-order chi connectivity index (χ1) is 9.32. The molecule has 110 valence electrons. The molecule has 1 N–H and O–H groups in total. The fourth-order valence-corrected chi connectivity index (χ4v) is 3.32. The minimum absolute atomic E-state index is 0.144. The molecular formula is C13H17NO5S. The van der Waals surface area contributed by atoms with Crippen LogP contribution in [0.2, 0.25) is 0 Å². The van der Waals surface area contributed by atoms with Gasteiger partial charge in [0.1, 0.15) is 5.92 Å². The van der Waals surface area contributed by atoms with E-state index in [2.05, 4.69) is 0 Å². The van der Waals surface area contributed by atoms with Crippen molar-refractivity contribution in [2.75, 3.05) is 31.4 Å². The van der Waals surface area contributed by atoms with Crippen molar-refractivity contribution in [1.29, 1.82) is 0 Å². The molecule has 6 nitrogen and oxygen atoms in total. The van der Waals surface area contributed by atoms with Gasteiger partial charge in [-0.1, -0.05) is 12.1 Å². The van der Waals surface area contributed by atoms with Gasteiger partial charge in [0.2, 0.25) is 0 Å². The van der Waals surface area contributed by atoms with Crippen LogP contribution in [-0.2, 0) is 19.4 Å². The van der Waals surface area contributed by atoms with Crippen LogP contribution in [-0.4, -0.2) is 52.1 Å². The molecular weight excluding hydrogens is 282 g/mol. The number of para-hydroxylation sites is 1. The normalized spacial score (nSPS) is 22.7. The van der Waals surface area contributed by atoms with E-state index >= 15 is 0 Å². The number of ether oxygens (including phenoxy) is 1. The zero-order chi connectivity index (χ0) is 14.9. The number of benzene rings is 1. The van der Waals surface area contributed by atoms with Crippen molar-refractivity contribution in [2.24, 2.45) is 5.92 Å². The van der Waals surface area contributed by atoms with Crippen LogP contribution in [0.3, 0.4) is 0 Å². The maximum absolute atomic E-state index is 11.8. The third kappa shape index (κ3) is 2.78. The predicted molar refractivity (Wildman–Crippen MR) is 73.7 cm³/mol. The van der Waals surface area contributed by atoms with E-state index in [-0.39, 0.29) is 24.2 Å². The van der Waals surface area contributed by atoms with Gasteiger partial charge in [0, 0.05) is 13.3 Å². The second kappa shape index (κ2) is 5.41. The van der Waals surface area contributed by atoms with Gasteiger partial charge < -0.3 is 14.7 Å². The van der Waals surface area contributed by atoms with Gasteiger partial charge in [-0.25, -0.2) is 8.42 Å². The Bertz CT molecular complexity index is 613. The maximum atomic E-state index is 11.8. The zero-order valence-corrected chi connectivity index (χ0v) is 12.1. The predicted octanol–water partition coefficient (Wildman–Crippen LogP) is 0.626. The highest BCUT2D eigenvalue weighted by Gasteiger charge is 2.37. The van der Waals surface area contributed by atoms with Crippen LogP contribution in [0, 0.1) is 5.92 Å². The molecule has 2 atom stereocenters. The van der Waals surface area contributed by atoms with E-state index < -0.39 is 21.7 Å². The van der Waals surface area contributed by atoms with Gasteiger partial charge in [0.25, 0.3) is 0 Å². The SMILES string of the molecule is CN(c1ccccc1S(C)(=O)=O)C1COCC1C(=O)O. The molecule has 1 heterocycles. The van der Waals surface area contributed by atoms with E-state index in [0.717, 1.165) is 6.26 Å². The number of aliphatic carboxylic acids is 1. The van der Waals surface area contributed by atoms with Crippen LogP contribution in [0.25, 0.3) is 0 Å². The highest BCUT2D eigenvalue weighted by Crippen LogP contribution is 2.29. The molecule has 0 aromatic heterocycles. The van der Waals surface area contributed by atoms with Gasteiger partial charge in [-0.15, -0.1) is 0 Å². The highest BCUT2D eigenvalue weighted by atomic mass is 32.2. The Morgan fingerprint density at radius 3 is 2.60 bits per heavy atom. The highest BCUT2D eigenvalue weighted by molar-refractivity contribution is 7.90. The lowest BCUT2D eigenvalue weighted by atomic mass is 10.0. The molecule has 1 aliphatic heterocycles. The summed E-state index contributed by atoms with van der Waals surface area (Å²) in [4.78, 5) is 13.1. The average molecular weight is 299 g/mol. The van der Waals surface area contributed by atoms with Gasteiger partial charge in [-0.2, -0.15) is 0 Å². The Morgan fingerprint density at radius 1 is 1.35 bits per heavy atom. The lowest BCUT2D eigenvalue weighted by Crippen LogP contribution is -2.41. The van der Waals surface area contributed by atoms with Gasteiger partial charge >= 0.3 is 5.97 Å². The van der Waals surface area contributed by atoms with Crippen LogP contribution < -0.4 is 4.90 Å². The Labute approximate surface area is 117 Å². The van der Waals surface area contributed by atoms with Crippen molar-refractivity contribution in [3.63, 3.8) is 0 Å². The molecule has 0 saturated carbocycles. The zero-order valence-electron chi connectivity index (χ0n) is 11.3. The Hall–Kier alpha value is -1.60. The monoisotopic (exact) mass is 299 g/mol. The molecule has 1 aromatic carbocycles. The maximum Gasteiger partial charge on any atom is 0.311 e. The van der Waals surface area contributed by atoms with Gasteiger partial charge in [-0.05, 0) is 12.1 Å². The molecule has 1 aliphatic rings. The third-order valence-electron chi connectivity index (χ3n) is 3.51. The standard InChI is InChI=1S/C13H17NO5S/c1-14(11-8-19-7-9(11)13(15)16)10-5-3-4-6-12(10)20(2,17)18/h3-6,9,11H,7-8H2,1-2H3,(H,15,16). The third-order valence-corrected chi connectivity index (χ3v) is 4.65. The topological polar surface area (TPSA) is 83.9 Å². The van der Waals surface area contributed by atoms with E-state index in [9.17, 15) is 18.3 Å². The number of carboxylic acids is 1. The van der Waals surface area contributed by atoms with Gasteiger partial charge in [0.15, 0.2) is 9.84 Å². The second-order valence-corrected chi connectivity index (χ2v) is 6.88. The Morgan fingerprint density at radius 2 is 2.00 bits per heavy atom. The molecule has 0 spiro atoms. The number of nitrogens with zero attached hydrogens (tertiary/aromatic N) is 1. The van der Waals surface area contributed by atoms with Crippen LogP contribution >= 0.6 is 0 Å². The number of carbonyl (C=O) groups is 1. The molecule has 0 amide bonds. The molecule has 0 bridgehead atoms. The Balaban J connectivity index is 2.39. The fourth-order valence-electron chi connectivity index (χ4n) is 2.40. The first-order valence-electron chi connectivity index (χ1n) is 6.15. The van der Waals surface area contributed by atoms with Crippen molar-refractivity contribution >= 4 is 21.5 Å². The molecule has 2 rings (SSSR count). The molecule has 2 unspecified atom stereocenters. The van der Waals surface area contributed by atoms with Crippen molar-refractivity contribution in [3.05, 3.63) is 24.3 Å². The fraction of sp³-hybridized carbons (Fsp3) is 0.462. The van der Waals surface area contributed by atoms with Crippen molar-refractivity contribution in [2.45, 2.75) is 10.9 Å².